The third-order valence-electron chi connectivity index (χ3n) is 3.60. The van der Waals surface area contributed by atoms with Crippen LogP contribution in [0.2, 0.25) is 0 Å². The maximum atomic E-state index is 5.98. The number of nitrogens with one attached hydrogen (secondary N) is 1. The molecule has 1 rings (SSSR count). The lowest BCUT2D eigenvalue weighted by Crippen LogP contribution is -2.56. The molecule has 100 valence electrons. The molecule has 0 radical (unpaired) electrons. The molecule has 3 heteroatoms. The van der Waals surface area contributed by atoms with Crippen LogP contribution in [0.1, 0.15) is 46.0 Å². The van der Waals surface area contributed by atoms with Gasteiger partial charge in [-0.15, -0.1) is 0 Å². The summed E-state index contributed by atoms with van der Waals surface area (Å²) in [6.45, 7) is 6.84. The number of ether oxygens (including phenoxy) is 1. The summed E-state index contributed by atoms with van der Waals surface area (Å²) in [7, 11) is 0. The average molecular weight is 240 g/mol. The summed E-state index contributed by atoms with van der Waals surface area (Å²) in [5, 5.41) is 3.65. The maximum Gasteiger partial charge on any atom is 0.0593 e. The smallest absolute Gasteiger partial charge is 0.0593 e. The Bertz CT molecular complexity index is 228. The average Bonchev–Trinajstić information content (AvgIpc) is 2.36. The summed E-state index contributed by atoms with van der Waals surface area (Å²) in [4.78, 5) is 0. The molecule has 0 amide bonds. The van der Waals surface area contributed by atoms with Crippen LogP contribution in [0.3, 0.4) is 0 Å². The lowest BCUT2D eigenvalue weighted by molar-refractivity contribution is -0.0303. The Morgan fingerprint density at radius 1 is 1.53 bits per heavy atom. The van der Waals surface area contributed by atoms with E-state index in [4.69, 9.17) is 10.5 Å². The monoisotopic (exact) mass is 240 g/mol. The van der Waals surface area contributed by atoms with Gasteiger partial charge in [-0.05, 0) is 39.2 Å². The zero-order valence-corrected chi connectivity index (χ0v) is 11.4. The third-order valence-corrected chi connectivity index (χ3v) is 3.60. The van der Waals surface area contributed by atoms with Crippen molar-refractivity contribution in [2.45, 2.75) is 57.6 Å². The van der Waals surface area contributed by atoms with Crippen LogP contribution in [-0.2, 0) is 4.74 Å². The van der Waals surface area contributed by atoms with Gasteiger partial charge in [-0.2, -0.15) is 0 Å². The lowest BCUT2D eigenvalue weighted by atomic mass is 9.85. The first-order valence-corrected chi connectivity index (χ1v) is 6.94. The van der Waals surface area contributed by atoms with Crippen LogP contribution in [0.4, 0.5) is 0 Å². The summed E-state index contributed by atoms with van der Waals surface area (Å²) >= 11 is 0. The summed E-state index contributed by atoms with van der Waals surface area (Å²) in [5.41, 5.74) is 6.09. The molecule has 2 atom stereocenters. The van der Waals surface area contributed by atoms with Crippen molar-refractivity contribution in [2.24, 2.45) is 5.73 Å². The van der Waals surface area contributed by atoms with Gasteiger partial charge < -0.3 is 15.8 Å². The molecule has 0 aromatic rings. The minimum absolute atomic E-state index is 0.111. The van der Waals surface area contributed by atoms with Crippen LogP contribution in [0.5, 0.6) is 0 Å². The predicted molar refractivity (Wildman–Crippen MR) is 73.1 cm³/mol. The van der Waals surface area contributed by atoms with Crippen molar-refractivity contribution >= 4 is 0 Å². The number of nitrogens with two attached hydrogens (primary N) is 1. The highest BCUT2D eigenvalue weighted by atomic mass is 16.5. The SMILES string of the molecule is C/C=C/CCNC1(CN)CCOC(CCC)C1. The molecule has 0 bridgehead atoms. The van der Waals surface area contributed by atoms with Crippen LogP contribution in [0.25, 0.3) is 0 Å². The standard InChI is InChI=1S/C14H28N2O/c1-3-5-6-9-16-14(12-15)8-10-17-13(11-14)7-4-2/h3,5,13,16H,4,6-12,15H2,1-2H3/b5-3+. The second kappa shape index (κ2) is 7.85. The summed E-state index contributed by atoms with van der Waals surface area (Å²) in [6.07, 6.45) is 10.2. The molecule has 0 aromatic carbocycles. The Morgan fingerprint density at radius 3 is 3.00 bits per heavy atom. The van der Waals surface area contributed by atoms with Gasteiger partial charge in [0.2, 0.25) is 0 Å². The molecule has 0 spiro atoms. The van der Waals surface area contributed by atoms with E-state index in [1.807, 2.05) is 0 Å². The number of hydrogen-bond acceptors (Lipinski definition) is 3. The number of rotatable bonds is 7. The van der Waals surface area contributed by atoms with Gasteiger partial charge in [0.05, 0.1) is 6.10 Å². The van der Waals surface area contributed by atoms with Gasteiger partial charge in [0, 0.05) is 18.7 Å². The van der Waals surface area contributed by atoms with Crippen molar-refractivity contribution in [3.05, 3.63) is 12.2 Å². The second-order valence-corrected chi connectivity index (χ2v) is 5.00. The normalized spacial score (nSPS) is 29.9. The van der Waals surface area contributed by atoms with Gasteiger partial charge in [0.15, 0.2) is 0 Å². The number of hydrogen-bond donors (Lipinski definition) is 2. The van der Waals surface area contributed by atoms with Crippen molar-refractivity contribution < 1.29 is 4.74 Å². The van der Waals surface area contributed by atoms with E-state index in [1.54, 1.807) is 0 Å². The Balaban J connectivity index is 2.42. The summed E-state index contributed by atoms with van der Waals surface area (Å²) in [5.74, 6) is 0. The third kappa shape index (κ3) is 4.78. The van der Waals surface area contributed by atoms with E-state index >= 15 is 0 Å². The molecule has 2 unspecified atom stereocenters. The topological polar surface area (TPSA) is 47.3 Å². The first kappa shape index (κ1) is 14.7. The van der Waals surface area contributed by atoms with Gasteiger partial charge in [-0.1, -0.05) is 25.5 Å². The van der Waals surface area contributed by atoms with E-state index in [9.17, 15) is 0 Å². The lowest BCUT2D eigenvalue weighted by Gasteiger charge is -2.41. The molecule has 1 fully saturated rings. The Morgan fingerprint density at radius 2 is 2.35 bits per heavy atom. The van der Waals surface area contributed by atoms with Crippen LogP contribution >= 0.6 is 0 Å². The fraction of sp³-hybridized carbons (Fsp3) is 0.857. The quantitative estimate of drug-likeness (QED) is 0.530. The molecule has 0 saturated carbocycles. The van der Waals surface area contributed by atoms with Crippen LogP contribution in [0, 0.1) is 0 Å². The zero-order valence-electron chi connectivity index (χ0n) is 11.4. The van der Waals surface area contributed by atoms with E-state index in [1.165, 1.54) is 6.42 Å². The zero-order chi connectivity index (χ0) is 12.6. The highest BCUT2D eigenvalue weighted by molar-refractivity contribution is 4.95. The Kier molecular flexibility index (Phi) is 6.78. The summed E-state index contributed by atoms with van der Waals surface area (Å²) in [6, 6.07) is 0. The first-order valence-electron chi connectivity index (χ1n) is 6.94. The van der Waals surface area contributed by atoms with Crippen LogP contribution < -0.4 is 11.1 Å². The minimum Gasteiger partial charge on any atom is -0.378 e. The molecular weight excluding hydrogens is 212 g/mol. The maximum absolute atomic E-state index is 5.98. The highest BCUT2D eigenvalue weighted by Crippen LogP contribution is 2.26. The Labute approximate surface area is 106 Å². The largest absolute Gasteiger partial charge is 0.378 e. The highest BCUT2D eigenvalue weighted by Gasteiger charge is 2.34. The van der Waals surface area contributed by atoms with Gasteiger partial charge in [-0.3, -0.25) is 0 Å². The van der Waals surface area contributed by atoms with Crippen LogP contribution in [0.15, 0.2) is 12.2 Å². The van der Waals surface area contributed by atoms with Gasteiger partial charge in [0.1, 0.15) is 0 Å². The van der Waals surface area contributed by atoms with E-state index < -0.39 is 0 Å². The van der Waals surface area contributed by atoms with Gasteiger partial charge in [0.25, 0.3) is 0 Å². The molecule has 17 heavy (non-hydrogen) atoms. The van der Waals surface area contributed by atoms with E-state index in [-0.39, 0.29) is 5.54 Å². The van der Waals surface area contributed by atoms with E-state index in [0.717, 1.165) is 38.8 Å². The molecule has 3 nitrogen and oxygen atoms in total. The molecule has 1 aliphatic rings. The molecule has 0 aliphatic carbocycles. The second-order valence-electron chi connectivity index (χ2n) is 5.00. The summed E-state index contributed by atoms with van der Waals surface area (Å²) < 4.78 is 5.79. The molecule has 3 N–H and O–H groups in total. The van der Waals surface area contributed by atoms with Crippen molar-refractivity contribution in [3.8, 4) is 0 Å². The molecular formula is C14H28N2O. The van der Waals surface area contributed by atoms with Gasteiger partial charge >= 0.3 is 0 Å². The molecule has 0 aromatic heterocycles. The molecule has 1 saturated heterocycles. The van der Waals surface area contributed by atoms with E-state index in [0.29, 0.717) is 12.6 Å². The predicted octanol–water partition coefficient (Wildman–Crippen LogP) is 2.22. The fourth-order valence-corrected chi connectivity index (χ4v) is 2.53. The van der Waals surface area contributed by atoms with Crippen molar-refractivity contribution in [3.63, 3.8) is 0 Å². The van der Waals surface area contributed by atoms with E-state index in [2.05, 4.69) is 31.3 Å². The van der Waals surface area contributed by atoms with Crippen molar-refractivity contribution in [1.29, 1.82) is 0 Å². The first-order chi connectivity index (χ1) is 8.26. The van der Waals surface area contributed by atoms with Crippen molar-refractivity contribution in [1.82, 2.24) is 5.32 Å². The molecule has 1 aliphatic heterocycles. The van der Waals surface area contributed by atoms with Gasteiger partial charge in [-0.25, -0.2) is 0 Å². The minimum atomic E-state index is 0.111. The Hall–Kier alpha value is -0.380. The fourth-order valence-electron chi connectivity index (χ4n) is 2.53. The number of allylic oxidation sites excluding steroid dienone is 1. The van der Waals surface area contributed by atoms with Crippen molar-refractivity contribution in [2.75, 3.05) is 19.7 Å². The van der Waals surface area contributed by atoms with Crippen LogP contribution in [-0.4, -0.2) is 31.3 Å². The molecule has 1 heterocycles.